The molecule has 0 bridgehead atoms. The Morgan fingerprint density at radius 1 is 1.42 bits per heavy atom. The second-order valence-electron chi connectivity index (χ2n) is 5.60. The van der Waals surface area contributed by atoms with Gasteiger partial charge >= 0.3 is 0 Å². The molecule has 1 aromatic rings. The van der Waals surface area contributed by atoms with Crippen LogP contribution in [0.3, 0.4) is 0 Å². The number of halogens is 1. The molecule has 2 N–H and O–H groups in total. The van der Waals surface area contributed by atoms with E-state index >= 15 is 0 Å². The molecule has 2 unspecified atom stereocenters. The Morgan fingerprint density at radius 2 is 2.16 bits per heavy atom. The van der Waals surface area contributed by atoms with Gasteiger partial charge in [-0.1, -0.05) is 6.07 Å². The summed E-state index contributed by atoms with van der Waals surface area (Å²) in [4.78, 5) is 4.73. The van der Waals surface area contributed by atoms with Crippen molar-refractivity contribution in [3.63, 3.8) is 0 Å². The fourth-order valence-corrected chi connectivity index (χ4v) is 3.03. The molecule has 1 aromatic carbocycles. The van der Waals surface area contributed by atoms with E-state index in [1.807, 2.05) is 13.0 Å². The van der Waals surface area contributed by atoms with E-state index in [4.69, 9.17) is 5.73 Å². The summed E-state index contributed by atoms with van der Waals surface area (Å²) in [5.41, 5.74) is 8.11. The van der Waals surface area contributed by atoms with Crippen LogP contribution in [0.1, 0.15) is 24.1 Å². The second-order valence-corrected chi connectivity index (χ2v) is 5.60. The maximum atomic E-state index is 13.5. The Morgan fingerprint density at radius 3 is 2.79 bits per heavy atom. The molecule has 0 spiro atoms. The molecule has 1 aliphatic heterocycles. The molecular formula is C15H24FN3. The van der Waals surface area contributed by atoms with Crippen LogP contribution in [-0.2, 0) is 0 Å². The first-order chi connectivity index (χ1) is 9.02. The molecule has 106 valence electrons. The predicted octanol–water partition coefficient (Wildman–Crippen LogP) is 1.77. The number of aryl methyl sites for hydroxylation is 1. The van der Waals surface area contributed by atoms with E-state index in [9.17, 15) is 4.39 Å². The minimum Gasteiger partial charge on any atom is -0.329 e. The smallest absolute Gasteiger partial charge is 0.123 e. The standard InChI is InChI=1S/C15H24FN3/c1-11-4-5-13(16)8-14(11)15(9-17)19-7-6-18(3)10-12(19)2/h4-5,8,12,15H,6-7,9-10,17H2,1-3H3. The molecule has 1 fully saturated rings. The zero-order valence-corrected chi connectivity index (χ0v) is 12.1. The summed E-state index contributed by atoms with van der Waals surface area (Å²) in [5.74, 6) is -0.180. The van der Waals surface area contributed by atoms with Crippen molar-refractivity contribution in [2.24, 2.45) is 5.73 Å². The maximum absolute atomic E-state index is 13.5. The van der Waals surface area contributed by atoms with Gasteiger partial charge in [0.05, 0.1) is 0 Å². The van der Waals surface area contributed by atoms with Gasteiger partial charge in [-0.05, 0) is 44.2 Å². The van der Waals surface area contributed by atoms with Crippen LogP contribution in [0.5, 0.6) is 0 Å². The monoisotopic (exact) mass is 265 g/mol. The highest BCUT2D eigenvalue weighted by Gasteiger charge is 2.29. The van der Waals surface area contributed by atoms with Gasteiger partial charge in [0, 0.05) is 38.3 Å². The fraction of sp³-hybridized carbons (Fsp3) is 0.600. The van der Waals surface area contributed by atoms with Gasteiger partial charge in [0.15, 0.2) is 0 Å². The van der Waals surface area contributed by atoms with Gasteiger partial charge in [-0.15, -0.1) is 0 Å². The number of likely N-dealkylation sites (N-methyl/N-ethyl adjacent to an activating group) is 1. The van der Waals surface area contributed by atoms with E-state index in [1.54, 1.807) is 6.07 Å². The molecule has 1 saturated heterocycles. The lowest BCUT2D eigenvalue weighted by Crippen LogP contribution is -2.53. The predicted molar refractivity (Wildman–Crippen MR) is 76.6 cm³/mol. The Bertz CT molecular complexity index is 435. The summed E-state index contributed by atoms with van der Waals surface area (Å²) in [5, 5.41) is 0. The third-order valence-corrected chi connectivity index (χ3v) is 4.11. The summed E-state index contributed by atoms with van der Waals surface area (Å²) in [7, 11) is 2.14. The highest BCUT2D eigenvalue weighted by Crippen LogP contribution is 2.27. The zero-order valence-electron chi connectivity index (χ0n) is 12.1. The number of nitrogens with zero attached hydrogens (tertiary/aromatic N) is 2. The van der Waals surface area contributed by atoms with Crippen molar-refractivity contribution in [1.82, 2.24) is 9.80 Å². The fourth-order valence-electron chi connectivity index (χ4n) is 3.03. The normalized spacial score (nSPS) is 23.5. The van der Waals surface area contributed by atoms with Crippen molar-refractivity contribution in [2.75, 3.05) is 33.2 Å². The average Bonchev–Trinajstić information content (AvgIpc) is 2.36. The Hall–Kier alpha value is -0.970. The van der Waals surface area contributed by atoms with Crippen LogP contribution >= 0.6 is 0 Å². The molecule has 1 heterocycles. The molecule has 4 heteroatoms. The maximum Gasteiger partial charge on any atom is 0.123 e. The number of rotatable bonds is 3. The van der Waals surface area contributed by atoms with Gasteiger partial charge in [-0.25, -0.2) is 4.39 Å². The van der Waals surface area contributed by atoms with Crippen LogP contribution < -0.4 is 5.73 Å². The van der Waals surface area contributed by atoms with Gasteiger partial charge in [0.1, 0.15) is 5.82 Å². The zero-order chi connectivity index (χ0) is 14.0. The summed E-state index contributed by atoms with van der Waals surface area (Å²) >= 11 is 0. The molecule has 3 nitrogen and oxygen atoms in total. The Kier molecular flexibility index (Phi) is 4.55. The lowest BCUT2D eigenvalue weighted by atomic mass is 9.97. The van der Waals surface area contributed by atoms with Crippen molar-refractivity contribution in [2.45, 2.75) is 25.9 Å². The molecular weight excluding hydrogens is 241 g/mol. The van der Waals surface area contributed by atoms with Crippen LogP contribution in [0.15, 0.2) is 18.2 Å². The second kappa shape index (κ2) is 5.99. The number of nitrogens with two attached hydrogens (primary N) is 1. The van der Waals surface area contributed by atoms with Crippen LogP contribution in [0.4, 0.5) is 4.39 Å². The van der Waals surface area contributed by atoms with Crippen molar-refractivity contribution in [1.29, 1.82) is 0 Å². The first-order valence-electron chi connectivity index (χ1n) is 6.93. The number of hydrogen-bond acceptors (Lipinski definition) is 3. The quantitative estimate of drug-likeness (QED) is 0.904. The molecule has 2 atom stereocenters. The molecule has 0 radical (unpaired) electrons. The minimum absolute atomic E-state index is 0.111. The molecule has 0 aliphatic carbocycles. The van der Waals surface area contributed by atoms with Gasteiger partial charge < -0.3 is 10.6 Å². The Labute approximate surface area is 115 Å². The Balaban J connectivity index is 2.26. The molecule has 0 amide bonds. The topological polar surface area (TPSA) is 32.5 Å². The van der Waals surface area contributed by atoms with E-state index in [2.05, 4.69) is 23.8 Å². The summed E-state index contributed by atoms with van der Waals surface area (Å²) in [6.45, 7) is 7.82. The molecule has 2 rings (SSSR count). The van der Waals surface area contributed by atoms with Crippen LogP contribution in [0, 0.1) is 12.7 Å². The highest BCUT2D eigenvalue weighted by atomic mass is 19.1. The van der Waals surface area contributed by atoms with E-state index in [-0.39, 0.29) is 11.9 Å². The first-order valence-corrected chi connectivity index (χ1v) is 6.93. The van der Waals surface area contributed by atoms with E-state index in [0.717, 1.165) is 30.8 Å². The number of benzene rings is 1. The number of piperazine rings is 1. The van der Waals surface area contributed by atoms with E-state index < -0.39 is 0 Å². The lowest BCUT2D eigenvalue weighted by Gasteiger charge is -2.43. The highest BCUT2D eigenvalue weighted by molar-refractivity contribution is 5.30. The van der Waals surface area contributed by atoms with Crippen molar-refractivity contribution < 1.29 is 4.39 Å². The third kappa shape index (κ3) is 3.14. The summed E-state index contributed by atoms with van der Waals surface area (Å²) in [6.07, 6.45) is 0. The summed E-state index contributed by atoms with van der Waals surface area (Å²) in [6, 6.07) is 5.54. The van der Waals surface area contributed by atoms with E-state index in [1.165, 1.54) is 6.07 Å². The van der Waals surface area contributed by atoms with E-state index in [0.29, 0.717) is 12.6 Å². The van der Waals surface area contributed by atoms with Crippen molar-refractivity contribution in [3.05, 3.63) is 35.1 Å². The molecule has 19 heavy (non-hydrogen) atoms. The number of hydrogen-bond donors (Lipinski definition) is 1. The lowest BCUT2D eigenvalue weighted by molar-refractivity contribution is 0.0632. The molecule has 1 aliphatic rings. The van der Waals surface area contributed by atoms with Crippen LogP contribution in [0.2, 0.25) is 0 Å². The van der Waals surface area contributed by atoms with Gasteiger partial charge in [0.2, 0.25) is 0 Å². The van der Waals surface area contributed by atoms with Gasteiger partial charge in [-0.2, -0.15) is 0 Å². The SMILES string of the molecule is Cc1ccc(F)cc1C(CN)N1CCN(C)CC1C. The average molecular weight is 265 g/mol. The van der Waals surface area contributed by atoms with Crippen molar-refractivity contribution in [3.8, 4) is 0 Å². The molecule has 0 aromatic heterocycles. The van der Waals surface area contributed by atoms with Crippen LogP contribution in [-0.4, -0.2) is 49.1 Å². The summed E-state index contributed by atoms with van der Waals surface area (Å²) < 4.78 is 13.5. The van der Waals surface area contributed by atoms with Gasteiger partial charge in [-0.3, -0.25) is 4.90 Å². The van der Waals surface area contributed by atoms with Gasteiger partial charge in [0.25, 0.3) is 0 Å². The third-order valence-electron chi connectivity index (χ3n) is 4.11. The first kappa shape index (κ1) is 14.4. The van der Waals surface area contributed by atoms with Crippen molar-refractivity contribution >= 4 is 0 Å². The largest absolute Gasteiger partial charge is 0.329 e. The minimum atomic E-state index is -0.180. The van der Waals surface area contributed by atoms with Crippen LogP contribution in [0.25, 0.3) is 0 Å². The molecule has 0 saturated carbocycles.